The van der Waals surface area contributed by atoms with Gasteiger partial charge in [0.05, 0.1) is 7.11 Å². The summed E-state index contributed by atoms with van der Waals surface area (Å²) >= 11 is 0. The number of methoxy groups -OCH3 is 1. The molecule has 3 rings (SSSR count). The molecule has 106 valence electrons. The highest BCUT2D eigenvalue weighted by Gasteiger charge is 2.44. The Morgan fingerprint density at radius 2 is 1.95 bits per heavy atom. The predicted molar refractivity (Wildman–Crippen MR) is 79.1 cm³/mol. The minimum Gasteiger partial charge on any atom is -0.497 e. The Kier molecular flexibility index (Phi) is 3.44. The van der Waals surface area contributed by atoms with Crippen molar-refractivity contribution in [3.63, 3.8) is 0 Å². The Morgan fingerprint density at radius 1 is 1.19 bits per heavy atom. The Bertz CT molecular complexity index is 654. The molecule has 1 aliphatic carbocycles. The van der Waals surface area contributed by atoms with Crippen LogP contribution in [-0.4, -0.2) is 23.9 Å². The van der Waals surface area contributed by atoms with Crippen molar-refractivity contribution in [3.8, 4) is 11.8 Å². The first-order valence-electron chi connectivity index (χ1n) is 6.88. The second-order valence-electron chi connectivity index (χ2n) is 5.28. The molecule has 0 aliphatic heterocycles. The first kappa shape index (κ1) is 13.4. The summed E-state index contributed by atoms with van der Waals surface area (Å²) in [5, 5.41) is 19.8. The van der Waals surface area contributed by atoms with Gasteiger partial charge in [-0.25, -0.2) is 0 Å². The van der Waals surface area contributed by atoms with E-state index in [1.54, 1.807) is 19.2 Å². The maximum atomic E-state index is 8.71. The van der Waals surface area contributed by atoms with Crippen LogP contribution in [-0.2, 0) is 5.41 Å². The van der Waals surface area contributed by atoms with Gasteiger partial charge in [-0.1, -0.05) is 12.1 Å². The molecule has 5 heteroatoms. The van der Waals surface area contributed by atoms with Gasteiger partial charge in [-0.05, 0) is 42.7 Å². The maximum absolute atomic E-state index is 8.71. The number of benzene rings is 1. The van der Waals surface area contributed by atoms with Crippen LogP contribution in [0.2, 0.25) is 0 Å². The van der Waals surface area contributed by atoms with Gasteiger partial charge in [-0.15, -0.1) is 10.2 Å². The molecule has 0 bridgehead atoms. The van der Waals surface area contributed by atoms with Gasteiger partial charge in [-0.2, -0.15) is 5.26 Å². The van der Waals surface area contributed by atoms with Gasteiger partial charge in [0.1, 0.15) is 17.6 Å². The Labute approximate surface area is 123 Å². The van der Waals surface area contributed by atoms with Crippen molar-refractivity contribution in [2.45, 2.75) is 18.3 Å². The normalized spacial score (nSPS) is 15.0. The standard InChI is InChI=1S/C16H16N4O/c1-21-14-5-2-12(3-6-14)16(8-9-16)11-18-15-7-4-13(10-17)19-20-15/h2-7H,8-9,11H2,1H3,(H,18,20). The number of aromatic nitrogens is 2. The average Bonchev–Trinajstić information content (AvgIpc) is 3.35. The van der Waals surface area contributed by atoms with Crippen LogP contribution in [0.1, 0.15) is 24.1 Å². The molecule has 1 saturated carbocycles. The molecule has 0 amide bonds. The zero-order valence-electron chi connectivity index (χ0n) is 11.8. The monoisotopic (exact) mass is 280 g/mol. The third-order valence-corrected chi connectivity index (χ3v) is 3.94. The molecule has 0 radical (unpaired) electrons. The summed E-state index contributed by atoms with van der Waals surface area (Å²) in [6.45, 7) is 0.819. The van der Waals surface area contributed by atoms with Crippen molar-refractivity contribution in [1.29, 1.82) is 5.26 Å². The Hall–Kier alpha value is -2.61. The van der Waals surface area contributed by atoms with Crippen LogP contribution in [0.4, 0.5) is 5.82 Å². The lowest BCUT2D eigenvalue weighted by Crippen LogP contribution is -2.20. The molecule has 1 aromatic carbocycles. The van der Waals surface area contributed by atoms with E-state index in [4.69, 9.17) is 10.00 Å². The summed E-state index contributed by atoms with van der Waals surface area (Å²) in [5.74, 6) is 1.58. The van der Waals surface area contributed by atoms with Gasteiger partial charge in [0, 0.05) is 12.0 Å². The molecule has 0 unspecified atom stereocenters. The first-order chi connectivity index (χ1) is 10.3. The second-order valence-corrected chi connectivity index (χ2v) is 5.28. The molecule has 0 saturated heterocycles. The van der Waals surface area contributed by atoms with Crippen LogP contribution >= 0.6 is 0 Å². The van der Waals surface area contributed by atoms with Crippen molar-refractivity contribution in [2.75, 3.05) is 19.0 Å². The lowest BCUT2D eigenvalue weighted by Gasteiger charge is -2.17. The molecule has 2 aromatic rings. The number of nitrogens with one attached hydrogen (secondary N) is 1. The molecule has 1 heterocycles. The number of nitrogens with zero attached hydrogens (tertiary/aromatic N) is 3. The first-order valence-corrected chi connectivity index (χ1v) is 6.88. The summed E-state index contributed by atoms with van der Waals surface area (Å²) < 4.78 is 5.19. The lowest BCUT2D eigenvalue weighted by atomic mass is 9.96. The predicted octanol–water partition coefficient (Wildman–Crippen LogP) is 2.50. The number of nitriles is 1. The summed E-state index contributed by atoms with van der Waals surface area (Å²) in [5.41, 5.74) is 1.83. The maximum Gasteiger partial charge on any atom is 0.163 e. The Balaban J connectivity index is 1.67. The summed E-state index contributed by atoms with van der Waals surface area (Å²) in [7, 11) is 1.67. The lowest BCUT2D eigenvalue weighted by molar-refractivity contribution is 0.414. The molecular weight excluding hydrogens is 264 g/mol. The van der Waals surface area contributed by atoms with Gasteiger partial charge in [0.2, 0.25) is 0 Å². The van der Waals surface area contributed by atoms with Gasteiger partial charge >= 0.3 is 0 Å². The van der Waals surface area contributed by atoms with E-state index in [-0.39, 0.29) is 5.41 Å². The van der Waals surface area contributed by atoms with Crippen LogP contribution in [0.3, 0.4) is 0 Å². The number of hydrogen-bond donors (Lipinski definition) is 1. The average molecular weight is 280 g/mol. The van der Waals surface area contributed by atoms with Gasteiger partial charge in [-0.3, -0.25) is 0 Å². The number of hydrogen-bond acceptors (Lipinski definition) is 5. The highest BCUT2D eigenvalue weighted by atomic mass is 16.5. The number of anilines is 1. The van der Waals surface area contributed by atoms with E-state index in [2.05, 4.69) is 27.6 Å². The van der Waals surface area contributed by atoms with Gasteiger partial charge in [0.25, 0.3) is 0 Å². The minimum absolute atomic E-state index is 0.182. The fourth-order valence-corrected chi connectivity index (χ4v) is 2.41. The molecule has 21 heavy (non-hydrogen) atoms. The quantitative estimate of drug-likeness (QED) is 0.911. The molecule has 1 fully saturated rings. The van der Waals surface area contributed by atoms with Gasteiger partial charge in [0.15, 0.2) is 5.69 Å². The summed E-state index contributed by atoms with van der Waals surface area (Å²) in [4.78, 5) is 0. The smallest absolute Gasteiger partial charge is 0.163 e. The van der Waals surface area contributed by atoms with Crippen LogP contribution in [0.25, 0.3) is 0 Å². The highest BCUT2D eigenvalue weighted by Crippen LogP contribution is 2.48. The molecular formula is C16H16N4O. The molecule has 5 nitrogen and oxygen atoms in total. The van der Waals surface area contributed by atoms with Crippen molar-refractivity contribution in [1.82, 2.24) is 10.2 Å². The third kappa shape index (κ3) is 2.79. The van der Waals surface area contributed by atoms with E-state index in [0.29, 0.717) is 11.5 Å². The molecule has 0 atom stereocenters. The molecule has 1 aliphatic rings. The fourth-order valence-electron chi connectivity index (χ4n) is 2.41. The zero-order chi connectivity index (χ0) is 14.7. The minimum atomic E-state index is 0.182. The second kappa shape index (κ2) is 5.41. The summed E-state index contributed by atoms with van der Waals surface area (Å²) in [6.07, 6.45) is 2.33. The van der Waals surface area contributed by atoms with Crippen LogP contribution in [0.15, 0.2) is 36.4 Å². The van der Waals surface area contributed by atoms with Crippen molar-refractivity contribution < 1.29 is 4.74 Å². The van der Waals surface area contributed by atoms with E-state index in [0.717, 1.165) is 25.1 Å². The summed E-state index contributed by atoms with van der Waals surface area (Å²) in [6, 6.07) is 13.7. The van der Waals surface area contributed by atoms with Crippen molar-refractivity contribution in [3.05, 3.63) is 47.7 Å². The van der Waals surface area contributed by atoms with Crippen LogP contribution < -0.4 is 10.1 Å². The number of rotatable bonds is 5. The molecule has 1 aromatic heterocycles. The Morgan fingerprint density at radius 3 is 2.48 bits per heavy atom. The largest absolute Gasteiger partial charge is 0.497 e. The molecule has 0 spiro atoms. The van der Waals surface area contributed by atoms with E-state index >= 15 is 0 Å². The fraction of sp³-hybridized carbons (Fsp3) is 0.312. The van der Waals surface area contributed by atoms with E-state index in [1.807, 2.05) is 18.2 Å². The number of ether oxygens (including phenoxy) is 1. The third-order valence-electron chi connectivity index (χ3n) is 3.94. The molecule has 1 N–H and O–H groups in total. The van der Waals surface area contributed by atoms with Crippen LogP contribution in [0, 0.1) is 11.3 Å². The van der Waals surface area contributed by atoms with Crippen molar-refractivity contribution >= 4 is 5.82 Å². The highest BCUT2D eigenvalue weighted by molar-refractivity contribution is 5.41. The van der Waals surface area contributed by atoms with Crippen molar-refractivity contribution in [2.24, 2.45) is 0 Å². The van der Waals surface area contributed by atoms with E-state index < -0.39 is 0 Å². The van der Waals surface area contributed by atoms with E-state index in [9.17, 15) is 0 Å². The van der Waals surface area contributed by atoms with E-state index in [1.165, 1.54) is 5.56 Å². The van der Waals surface area contributed by atoms with Gasteiger partial charge < -0.3 is 10.1 Å². The zero-order valence-corrected chi connectivity index (χ0v) is 11.8. The SMILES string of the molecule is COc1ccc(C2(CNc3ccc(C#N)nn3)CC2)cc1. The van der Waals surface area contributed by atoms with Crippen LogP contribution in [0.5, 0.6) is 5.75 Å². The topological polar surface area (TPSA) is 70.8 Å².